The molecule has 0 aromatic heterocycles. The van der Waals surface area contributed by atoms with Crippen LogP contribution < -0.4 is 10.6 Å². The molecule has 3 N–H and O–H groups in total. The lowest BCUT2D eigenvalue weighted by molar-refractivity contribution is 0.0523. The first-order valence-corrected chi connectivity index (χ1v) is 6.87. The van der Waals surface area contributed by atoms with Crippen molar-refractivity contribution in [3.05, 3.63) is 0 Å². The first-order chi connectivity index (χ1) is 8.56. The molecular weight excluding hydrogens is 244 g/mol. The predicted octanol–water partition coefficient (Wildman–Crippen LogP) is 1.90. The van der Waals surface area contributed by atoms with E-state index in [0.29, 0.717) is 6.54 Å². The Balaban J connectivity index is 3.87. The standard InChI is InChI=1S/C14H30N2O3/c1-11(16-10-14(5,6)7-8-17)9-15-12(18)19-13(2,3)4/h11,16-17H,7-10H2,1-6H3,(H,15,18). The number of aliphatic hydroxyl groups excluding tert-OH is 1. The van der Waals surface area contributed by atoms with E-state index < -0.39 is 11.7 Å². The Bertz CT molecular complexity index is 272. The summed E-state index contributed by atoms with van der Waals surface area (Å²) in [6.07, 6.45) is 0.363. The Morgan fingerprint density at radius 2 is 1.84 bits per heavy atom. The van der Waals surface area contributed by atoms with E-state index in [0.717, 1.165) is 13.0 Å². The Hall–Kier alpha value is -0.810. The zero-order chi connectivity index (χ0) is 15.1. The van der Waals surface area contributed by atoms with Crippen LogP contribution in [0.1, 0.15) is 48.0 Å². The molecule has 5 heteroatoms. The van der Waals surface area contributed by atoms with Crippen molar-refractivity contribution in [1.29, 1.82) is 0 Å². The number of carbonyl (C=O) groups excluding carboxylic acids is 1. The van der Waals surface area contributed by atoms with Crippen molar-refractivity contribution in [1.82, 2.24) is 10.6 Å². The van der Waals surface area contributed by atoms with E-state index in [2.05, 4.69) is 24.5 Å². The Morgan fingerprint density at radius 3 is 2.32 bits per heavy atom. The summed E-state index contributed by atoms with van der Waals surface area (Å²) in [5.74, 6) is 0. The number of alkyl carbamates (subject to hydrolysis) is 1. The molecule has 0 saturated carbocycles. The van der Waals surface area contributed by atoms with Crippen LogP contribution in [0.5, 0.6) is 0 Å². The maximum absolute atomic E-state index is 11.5. The van der Waals surface area contributed by atoms with Gasteiger partial charge in [0.15, 0.2) is 0 Å². The maximum Gasteiger partial charge on any atom is 0.407 e. The van der Waals surface area contributed by atoms with Crippen LogP contribution in [-0.4, -0.2) is 42.5 Å². The van der Waals surface area contributed by atoms with E-state index in [-0.39, 0.29) is 18.1 Å². The molecule has 0 fully saturated rings. The van der Waals surface area contributed by atoms with Crippen LogP contribution in [0.15, 0.2) is 0 Å². The highest BCUT2D eigenvalue weighted by molar-refractivity contribution is 5.67. The number of rotatable bonds is 7. The fourth-order valence-electron chi connectivity index (χ4n) is 1.46. The summed E-state index contributed by atoms with van der Waals surface area (Å²) in [5.41, 5.74) is -0.418. The lowest BCUT2D eigenvalue weighted by Gasteiger charge is -2.27. The van der Waals surface area contributed by atoms with Crippen molar-refractivity contribution in [2.24, 2.45) is 5.41 Å². The fraction of sp³-hybridized carbons (Fsp3) is 0.929. The molecule has 0 aromatic rings. The van der Waals surface area contributed by atoms with Gasteiger partial charge in [-0.15, -0.1) is 0 Å². The molecule has 0 saturated heterocycles. The predicted molar refractivity (Wildman–Crippen MR) is 77.2 cm³/mol. The third-order valence-electron chi connectivity index (χ3n) is 2.67. The summed E-state index contributed by atoms with van der Waals surface area (Å²) in [7, 11) is 0. The van der Waals surface area contributed by atoms with Gasteiger partial charge in [-0.3, -0.25) is 0 Å². The van der Waals surface area contributed by atoms with Crippen LogP contribution in [0.3, 0.4) is 0 Å². The molecule has 1 unspecified atom stereocenters. The van der Waals surface area contributed by atoms with Crippen LogP contribution in [0.25, 0.3) is 0 Å². The van der Waals surface area contributed by atoms with Gasteiger partial charge in [0.25, 0.3) is 0 Å². The monoisotopic (exact) mass is 274 g/mol. The van der Waals surface area contributed by atoms with Gasteiger partial charge in [-0.05, 0) is 39.5 Å². The van der Waals surface area contributed by atoms with Crippen molar-refractivity contribution in [3.63, 3.8) is 0 Å². The molecule has 0 aliphatic heterocycles. The van der Waals surface area contributed by atoms with Gasteiger partial charge in [-0.2, -0.15) is 0 Å². The normalized spacial score (nSPS) is 14.1. The highest BCUT2D eigenvalue weighted by atomic mass is 16.6. The molecular formula is C14H30N2O3. The molecule has 0 aliphatic carbocycles. The largest absolute Gasteiger partial charge is 0.444 e. The number of carbonyl (C=O) groups is 1. The van der Waals surface area contributed by atoms with Gasteiger partial charge in [0.2, 0.25) is 0 Å². The van der Waals surface area contributed by atoms with Crippen LogP contribution in [-0.2, 0) is 4.74 Å². The number of hydrogen-bond acceptors (Lipinski definition) is 4. The van der Waals surface area contributed by atoms with Crippen LogP contribution >= 0.6 is 0 Å². The van der Waals surface area contributed by atoms with Gasteiger partial charge in [0.05, 0.1) is 0 Å². The number of ether oxygens (including phenoxy) is 1. The fourth-order valence-corrected chi connectivity index (χ4v) is 1.46. The second-order valence-electron chi connectivity index (χ2n) is 6.80. The lowest BCUT2D eigenvalue weighted by atomic mass is 9.89. The molecule has 0 radical (unpaired) electrons. The third-order valence-corrected chi connectivity index (χ3v) is 2.67. The second kappa shape index (κ2) is 7.70. The maximum atomic E-state index is 11.5. The first-order valence-electron chi connectivity index (χ1n) is 6.87. The second-order valence-corrected chi connectivity index (χ2v) is 6.80. The quantitative estimate of drug-likeness (QED) is 0.663. The minimum atomic E-state index is -0.468. The number of nitrogens with one attached hydrogen (secondary N) is 2. The van der Waals surface area contributed by atoms with E-state index in [1.807, 2.05) is 27.7 Å². The number of aliphatic hydroxyl groups is 1. The third kappa shape index (κ3) is 10.8. The molecule has 0 heterocycles. The van der Waals surface area contributed by atoms with Crippen molar-refractivity contribution < 1.29 is 14.6 Å². The summed E-state index contributed by atoms with van der Waals surface area (Å²) < 4.78 is 5.16. The summed E-state index contributed by atoms with van der Waals surface area (Å²) >= 11 is 0. The summed E-state index contributed by atoms with van der Waals surface area (Å²) in [6, 6.07) is 0.158. The lowest BCUT2D eigenvalue weighted by Crippen LogP contribution is -2.44. The molecule has 19 heavy (non-hydrogen) atoms. The minimum absolute atomic E-state index is 0.0505. The summed E-state index contributed by atoms with van der Waals surface area (Å²) in [6.45, 7) is 13.2. The van der Waals surface area contributed by atoms with E-state index in [1.165, 1.54) is 0 Å². The average Bonchev–Trinajstić information content (AvgIpc) is 2.21. The van der Waals surface area contributed by atoms with Crippen molar-refractivity contribution in [2.75, 3.05) is 19.7 Å². The molecule has 0 aromatic carbocycles. The van der Waals surface area contributed by atoms with Gasteiger partial charge in [-0.1, -0.05) is 13.8 Å². The number of amides is 1. The summed E-state index contributed by atoms with van der Waals surface area (Å²) in [4.78, 5) is 11.5. The van der Waals surface area contributed by atoms with Gasteiger partial charge in [-0.25, -0.2) is 4.79 Å². The topological polar surface area (TPSA) is 70.6 Å². The molecule has 1 atom stereocenters. The highest BCUT2D eigenvalue weighted by Crippen LogP contribution is 2.18. The van der Waals surface area contributed by atoms with Crippen molar-refractivity contribution in [2.45, 2.75) is 59.6 Å². The highest BCUT2D eigenvalue weighted by Gasteiger charge is 2.19. The molecule has 1 amide bonds. The van der Waals surface area contributed by atoms with Crippen LogP contribution in [0.2, 0.25) is 0 Å². The van der Waals surface area contributed by atoms with E-state index in [9.17, 15) is 4.79 Å². The van der Waals surface area contributed by atoms with E-state index in [4.69, 9.17) is 9.84 Å². The SMILES string of the molecule is CC(CNC(=O)OC(C)(C)C)NCC(C)(C)CCO. The zero-order valence-electron chi connectivity index (χ0n) is 13.2. The van der Waals surface area contributed by atoms with Gasteiger partial charge in [0, 0.05) is 25.7 Å². The zero-order valence-corrected chi connectivity index (χ0v) is 13.2. The average molecular weight is 274 g/mol. The molecule has 0 rings (SSSR count). The molecule has 0 bridgehead atoms. The molecule has 0 spiro atoms. The minimum Gasteiger partial charge on any atom is -0.444 e. The van der Waals surface area contributed by atoms with Crippen molar-refractivity contribution in [3.8, 4) is 0 Å². The molecule has 114 valence electrons. The van der Waals surface area contributed by atoms with E-state index >= 15 is 0 Å². The van der Waals surface area contributed by atoms with Gasteiger partial charge in [0.1, 0.15) is 5.60 Å². The van der Waals surface area contributed by atoms with Gasteiger partial charge >= 0.3 is 6.09 Å². The number of hydrogen-bond donors (Lipinski definition) is 3. The first kappa shape index (κ1) is 18.2. The Kier molecular flexibility index (Phi) is 7.37. The smallest absolute Gasteiger partial charge is 0.407 e. The Morgan fingerprint density at radius 1 is 1.26 bits per heavy atom. The van der Waals surface area contributed by atoms with Crippen LogP contribution in [0, 0.1) is 5.41 Å². The van der Waals surface area contributed by atoms with Gasteiger partial charge < -0.3 is 20.5 Å². The summed E-state index contributed by atoms with van der Waals surface area (Å²) in [5, 5.41) is 15.0. The van der Waals surface area contributed by atoms with Crippen LogP contribution in [0.4, 0.5) is 4.79 Å². The van der Waals surface area contributed by atoms with Crippen molar-refractivity contribution >= 4 is 6.09 Å². The molecule has 0 aliphatic rings. The molecule has 5 nitrogen and oxygen atoms in total. The van der Waals surface area contributed by atoms with E-state index in [1.54, 1.807) is 0 Å². The Labute approximate surface area is 117 Å².